The van der Waals surface area contributed by atoms with Gasteiger partial charge in [-0.3, -0.25) is 4.39 Å². The van der Waals surface area contributed by atoms with Crippen molar-refractivity contribution < 1.29 is 25.5 Å². The molecule has 4 heteroatoms. The monoisotopic (exact) mass is 296 g/mol. The van der Waals surface area contributed by atoms with Gasteiger partial charge in [-0.05, 0) is 6.42 Å². The maximum atomic E-state index is 12.8. The number of halogens is 2. The second-order valence-electron chi connectivity index (χ2n) is 2.20. The van der Waals surface area contributed by atoms with Crippen molar-refractivity contribution >= 4 is 13.6 Å². The molecule has 1 rings (SSSR count). The SMILES string of the molecule is CCCOc1[c-]cccc1F.[Zn+][Br]. The van der Waals surface area contributed by atoms with Crippen molar-refractivity contribution in [2.24, 2.45) is 0 Å². The van der Waals surface area contributed by atoms with Gasteiger partial charge in [0.15, 0.2) is 0 Å². The third kappa shape index (κ3) is 5.38. The fourth-order valence-corrected chi connectivity index (χ4v) is 0.716. The molecule has 1 aromatic rings. The molecular formula is C9H10BrFOZn. The van der Waals surface area contributed by atoms with E-state index in [0.717, 1.165) is 6.42 Å². The van der Waals surface area contributed by atoms with E-state index >= 15 is 0 Å². The molecule has 0 radical (unpaired) electrons. The minimum absolute atomic E-state index is 0.217. The van der Waals surface area contributed by atoms with Gasteiger partial charge in [-0.15, -0.1) is 12.1 Å². The predicted molar refractivity (Wildman–Crippen MR) is 49.9 cm³/mol. The van der Waals surface area contributed by atoms with Gasteiger partial charge in [0.25, 0.3) is 0 Å². The molecule has 68 valence electrons. The third-order valence-corrected chi connectivity index (χ3v) is 1.22. The van der Waals surface area contributed by atoms with Gasteiger partial charge in [-0.25, -0.2) is 0 Å². The topological polar surface area (TPSA) is 9.23 Å². The van der Waals surface area contributed by atoms with E-state index in [-0.39, 0.29) is 11.6 Å². The Labute approximate surface area is 94.7 Å². The molecule has 0 amide bonds. The second kappa shape index (κ2) is 8.64. The normalized spacial score (nSPS) is 8.69. The third-order valence-electron chi connectivity index (χ3n) is 1.22. The van der Waals surface area contributed by atoms with E-state index in [1.807, 2.05) is 6.92 Å². The van der Waals surface area contributed by atoms with Gasteiger partial charge in [0, 0.05) is 11.6 Å². The van der Waals surface area contributed by atoms with Gasteiger partial charge in [-0.2, -0.15) is 12.1 Å². The van der Waals surface area contributed by atoms with Gasteiger partial charge in [0.2, 0.25) is 0 Å². The summed E-state index contributed by atoms with van der Waals surface area (Å²) in [6.07, 6.45) is 0.877. The molecule has 0 unspecified atom stereocenters. The molecule has 0 heterocycles. The van der Waals surface area contributed by atoms with Crippen LogP contribution in [0.1, 0.15) is 13.3 Å². The van der Waals surface area contributed by atoms with Gasteiger partial charge < -0.3 is 4.74 Å². The Morgan fingerprint density at radius 2 is 2.31 bits per heavy atom. The second-order valence-corrected chi connectivity index (χ2v) is 2.20. The molecule has 0 saturated heterocycles. The van der Waals surface area contributed by atoms with Crippen molar-refractivity contribution in [3.05, 3.63) is 30.1 Å². The molecular weight excluding hydrogens is 288 g/mol. The zero-order valence-corrected chi connectivity index (χ0v) is 12.1. The van der Waals surface area contributed by atoms with Crippen molar-refractivity contribution in [1.29, 1.82) is 0 Å². The summed E-state index contributed by atoms with van der Waals surface area (Å²) in [6, 6.07) is 7.26. The van der Waals surface area contributed by atoms with E-state index in [9.17, 15) is 4.39 Å². The Morgan fingerprint density at radius 3 is 2.85 bits per heavy atom. The summed E-state index contributed by atoms with van der Waals surface area (Å²) >= 11 is 4.25. The van der Waals surface area contributed by atoms with Gasteiger partial charge >= 0.3 is 30.0 Å². The van der Waals surface area contributed by atoms with Crippen LogP contribution < -0.4 is 4.74 Å². The molecule has 0 aliphatic carbocycles. The fraction of sp³-hybridized carbons (Fsp3) is 0.333. The van der Waals surface area contributed by atoms with Crippen molar-refractivity contribution in [1.82, 2.24) is 0 Å². The van der Waals surface area contributed by atoms with Crippen molar-refractivity contribution in [3.63, 3.8) is 0 Å². The van der Waals surface area contributed by atoms with Crippen LogP contribution in [0.5, 0.6) is 5.75 Å². The Bertz CT molecular complexity index is 233. The molecule has 0 N–H and O–H groups in total. The van der Waals surface area contributed by atoms with Crippen molar-refractivity contribution in [2.75, 3.05) is 6.61 Å². The quantitative estimate of drug-likeness (QED) is 0.615. The Morgan fingerprint density at radius 1 is 1.62 bits per heavy atom. The van der Waals surface area contributed by atoms with E-state index in [2.05, 4.69) is 19.7 Å². The van der Waals surface area contributed by atoms with E-state index in [1.54, 1.807) is 12.1 Å². The van der Waals surface area contributed by atoms with E-state index in [0.29, 0.717) is 6.61 Å². The molecule has 0 aliphatic rings. The molecule has 0 fully saturated rings. The fourth-order valence-electron chi connectivity index (χ4n) is 0.716. The summed E-state index contributed by atoms with van der Waals surface area (Å²) in [5, 5.41) is 0. The van der Waals surface area contributed by atoms with Crippen molar-refractivity contribution in [2.45, 2.75) is 13.3 Å². The van der Waals surface area contributed by atoms with Crippen LogP contribution in [0.3, 0.4) is 0 Å². The average molecular weight is 298 g/mol. The summed E-state index contributed by atoms with van der Waals surface area (Å²) in [5.41, 5.74) is 0. The molecule has 1 aromatic carbocycles. The first-order valence-electron chi connectivity index (χ1n) is 3.90. The summed E-state index contributed by atoms with van der Waals surface area (Å²) in [4.78, 5) is 0. The molecule has 0 aromatic heterocycles. The number of rotatable bonds is 3. The first-order chi connectivity index (χ1) is 6.34. The van der Waals surface area contributed by atoms with E-state index in [1.165, 1.54) is 22.4 Å². The van der Waals surface area contributed by atoms with Crippen LogP contribution >= 0.6 is 13.6 Å². The van der Waals surface area contributed by atoms with E-state index < -0.39 is 0 Å². The van der Waals surface area contributed by atoms with Crippen LogP contribution in [0.25, 0.3) is 0 Å². The summed E-state index contributed by atoms with van der Waals surface area (Å²) in [5.74, 6) is -0.129. The molecule has 0 spiro atoms. The van der Waals surface area contributed by atoms with Crippen LogP contribution in [-0.2, 0) is 16.3 Å². The first-order valence-corrected chi connectivity index (χ1v) is 10.8. The molecule has 1 nitrogen and oxygen atoms in total. The molecule has 0 aliphatic heterocycles. The minimum atomic E-state index is -0.346. The summed E-state index contributed by atoms with van der Waals surface area (Å²) in [6.45, 7) is 2.51. The van der Waals surface area contributed by atoms with Crippen LogP contribution in [0.4, 0.5) is 4.39 Å². The van der Waals surface area contributed by atoms with Gasteiger partial charge in [0.05, 0.1) is 6.61 Å². The molecule has 0 bridgehead atoms. The van der Waals surface area contributed by atoms with E-state index in [4.69, 9.17) is 4.74 Å². The number of para-hydroxylation sites is 1. The Balaban J connectivity index is 0.000000671. The number of hydrogen-bond donors (Lipinski definition) is 0. The average Bonchev–Trinajstić information content (AvgIpc) is 2.20. The predicted octanol–water partition coefficient (Wildman–Crippen LogP) is 3.26. The van der Waals surface area contributed by atoms with Crippen LogP contribution in [0.15, 0.2) is 18.2 Å². The van der Waals surface area contributed by atoms with Gasteiger partial charge in [0.1, 0.15) is 0 Å². The maximum absolute atomic E-state index is 12.8. The van der Waals surface area contributed by atoms with Gasteiger partial charge in [-0.1, -0.05) is 6.92 Å². The molecule has 0 atom stereocenters. The Hall–Kier alpha value is 0.0534. The first kappa shape index (κ1) is 13.1. The number of benzene rings is 1. The van der Waals surface area contributed by atoms with Crippen LogP contribution in [-0.4, -0.2) is 6.61 Å². The zero-order valence-electron chi connectivity index (χ0n) is 7.52. The zero-order chi connectivity index (χ0) is 10.1. The number of ether oxygens (including phenoxy) is 1. The summed E-state index contributed by atoms with van der Waals surface area (Å²) in [7, 11) is 0. The molecule has 0 saturated carbocycles. The van der Waals surface area contributed by atoms with Crippen LogP contribution in [0.2, 0.25) is 0 Å². The van der Waals surface area contributed by atoms with Crippen LogP contribution in [0, 0.1) is 11.9 Å². The summed E-state index contributed by atoms with van der Waals surface area (Å²) < 4.78 is 17.8. The molecule has 13 heavy (non-hydrogen) atoms. The number of hydrogen-bond acceptors (Lipinski definition) is 1. The standard InChI is InChI=1S/C9H10FO.BrH.Zn/c1-2-7-11-9-6-4-3-5-8(9)10;;/h3-5H,2,7H2,1H3;1H;/q-1;;+2/p-1. The Kier molecular flexibility index (Phi) is 8.68. The van der Waals surface area contributed by atoms with Crippen molar-refractivity contribution in [3.8, 4) is 5.75 Å².